The summed E-state index contributed by atoms with van der Waals surface area (Å²) in [6, 6.07) is 14.1. The minimum atomic E-state index is -4.54. The molecule has 2 aliphatic rings. The van der Waals surface area contributed by atoms with Crippen molar-refractivity contribution in [3.8, 4) is 10.4 Å². The summed E-state index contributed by atoms with van der Waals surface area (Å²) in [6.45, 7) is 0.292. The molecule has 0 unspecified atom stereocenters. The molecule has 2 atom stereocenters. The number of urea groups is 1. The van der Waals surface area contributed by atoms with E-state index in [-0.39, 0.29) is 18.7 Å². The second kappa shape index (κ2) is 8.44. The van der Waals surface area contributed by atoms with Gasteiger partial charge in [0.2, 0.25) is 0 Å². The lowest BCUT2D eigenvalue weighted by Gasteiger charge is -2.28. The number of methoxy groups -OCH3 is 1. The van der Waals surface area contributed by atoms with Crippen LogP contribution in [0.25, 0.3) is 10.4 Å². The van der Waals surface area contributed by atoms with Gasteiger partial charge in [0.05, 0.1) is 19.2 Å². The maximum absolute atomic E-state index is 13.7. The second-order valence-electron chi connectivity index (χ2n) is 7.93. The first-order valence-electron chi connectivity index (χ1n) is 10.4. The Kier molecular flexibility index (Phi) is 5.57. The van der Waals surface area contributed by atoms with Gasteiger partial charge in [-0.3, -0.25) is 4.84 Å². The van der Waals surface area contributed by atoms with E-state index in [0.29, 0.717) is 15.3 Å². The highest BCUT2D eigenvalue weighted by Crippen LogP contribution is 2.51. The summed E-state index contributed by atoms with van der Waals surface area (Å²) < 4.78 is 45.9. The van der Waals surface area contributed by atoms with Gasteiger partial charge < -0.3 is 9.64 Å². The number of esters is 1. The van der Waals surface area contributed by atoms with Gasteiger partial charge in [-0.1, -0.05) is 48.5 Å². The summed E-state index contributed by atoms with van der Waals surface area (Å²) in [6.07, 6.45) is -4.54. The SMILES string of the molecule is COC(=O)[C@@H]1c2sc(-c3ccccc3C(F)(F)F)cc2[C@H]2CN1C(=O)N2OCc1ccccc1. The van der Waals surface area contributed by atoms with Crippen LogP contribution >= 0.6 is 11.3 Å². The number of halogens is 3. The number of hydroxylamine groups is 2. The van der Waals surface area contributed by atoms with Crippen molar-refractivity contribution in [1.29, 1.82) is 0 Å². The van der Waals surface area contributed by atoms with Gasteiger partial charge in [-0.2, -0.15) is 18.2 Å². The number of ether oxygens (including phenoxy) is 1. The molecule has 0 N–H and O–H groups in total. The fourth-order valence-corrected chi connectivity index (χ4v) is 5.72. The van der Waals surface area contributed by atoms with E-state index in [9.17, 15) is 22.8 Å². The Morgan fingerprint density at radius 3 is 2.53 bits per heavy atom. The van der Waals surface area contributed by atoms with E-state index in [1.54, 1.807) is 6.07 Å². The number of nitrogens with zero attached hydrogens (tertiary/aromatic N) is 2. The van der Waals surface area contributed by atoms with Gasteiger partial charge in [0.1, 0.15) is 12.6 Å². The molecule has 0 radical (unpaired) electrons. The minimum absolute atomic E-state index is 0.0203. The van der Waals surface area contributed by atoms with Gasteiger partial charge in [0, 0.05) is 15.3 Å². The Morgan fingerprint density at radius 2 is 1.82 bits per heavy atom. The van der Waals surface area contributed by atoms with Crippen LogP contribution in [0.3, 0.4) is 0 Å². The zero-order valence-electron chi connectivity index (χ0n) is 17.9. The highest BCUT2D eigenvalue weighted by Gasteiger charge is 2.52. The van der Waals surface area contributed by atoms with Gasteiger partial charge in [-0.05, 0) is 23.3 Å². The van der Waals surface area contributed by atoms with Crippen LogP contribution in [0, 0.1) is 0 Å². The largest absolute Gasteiger partial charge is 0.467 e. The van der Waals surface area contributed by atoms with Crippen LogP contribution in [0.1, 0.15) is 33.7 Å². The predicted molar refractivity (Wildman–Crippen MR) is 117 cm³/mol. The van der Waals surface area contributed by atoms with Crippen molar-refractivity contribution in [3.63, 3.8) is 0 Å². The Bertz CT molecular complexity index is 1240. The van der Waals surface area contributed by atoms with Gasteiger partial charge in [-0.15, -0.1) is 11.3 Å². The normalized spacial score (nSPS) is 19.4. The van der Waals surface area contributed by atoms with Gasteiger partial charge in [-0.25, -0.2) is 9.59 Å². The Balaban J connectivity index is 1.56. The van der Waals surface area contributed by atoms with Crippen LogP contribution < -0.4 is 0 Å². The van der Waals surface area contributed by atoms with Crippen molar-refractivity contribution in [2.24, 2.45) is 0 Å². The maximum Gasteiger partial charge on any atom is 0.417 e. The molecule has 1 fully saturated rings. The second-order valence-corrected chi connectivity index (χ2v) is 9.02. The summed E-state index contributed by atoms with van der Waals surface area (Å²) in [5.74, 6) is -0.657. The van der Waals surface area contributed by atoms with Crippen molar-refractivity contribution in [1.82, 2.24) is 9.96 Å². The first kappa shape index (κ1) is 22.4. The summed E-state index contributed by atoms with van der Waals surface area (Å²) in [5.41, 5.74) is 0.693. The number of hydrogen-bond acceptors (Lipinski definition) is 5. The molecule has 2 bridgehead atoms. The molecule has 1 saturated heterocycles. The molecular weight excluding hydrogens is 469 g/mol. The molecule has 3 heterocycles. The van der Waals surface area contributed by atoms with E-state index in [4.69, 9.17) is 9.57 Å². The van der Waals surface area contributed by atoms with Crippen molar-refractivity contribution in [2.75, 3.05) is 13.7 Å². The highest BCUT2D eigenvalue weighted by atomic mass is 32.1. The number of benzene rings is 2. The van der Waals surface area contributed by atoms with E-state index in [0.717, 1.165) is 23.0 Å². The standard InChI is InChI=1S/C24H19F3N2O4S/c1-32-22(30)20-21-16(11-19(34-21)15-9-5-6-10-17(15)24(25,26)27)18-12-28(20)23(31)29(18)33-13-14-7-3-2-4-8-14/h2-11,18,20H,12-13H2,1H3/t18-,20+/m1/s1. The van der Waals surface area contributed by atoms with Crippen LogP contribution in [0.2, 0.25) is 0 Å². The Labute approximate surface area is 197 Å². The molecule has 6 nitrogen and oxygen atoms in total. The molecule has 34 heavy (non-hydrogen) atoms. The number of carbonyl (C=O) groups excluding carboxylic acids is 2. The molecular formula is C24H19F3N2O4S. The maximum atomic E-state index is 13.7. The number of alkyl halides is 3. The first-order valence-corrected chi connectivity index (χ1v) is 11.3. The molecule has 176 valence electrons. The average Bonchev–Trinajstić information content (AvgIpc) is 3.39. The first-order chi connectivity index (χ1) is 16.3. The summed E-state index contributed by atoms with van der Waals surface area (Å²) in [7, 11) is 1.21. The third-order valence-electron chi connectivity index (χ3n) is 5.93. The Morgan fingerprint density at radius 1 is 1.12 bits per heavy atom. The van der Waals surface area contributed by atoms with Gasteiger partial charge >= 0.3 is 18.2 Å². The zero-order chi connectivity index (χ0) is 24.0. The minimum Gasteiger partial charge on any atom is -0.467 e. The van der Waals surface area contributed by atoms with Crippen molar-refractivity contribution >= 4 is 23.3 Å². The monoisotopic (exact) mass is 488 g/mol. The fraction of sp³-hybridized carbons (Fsp3) is 0.250. The quantitative estimate of drug-likeness (QED) is 0.441. The van der Waals surface area contributed by atoms with E-state index < -0.39 is 35.8 Å². The molecule has 5 rings (SSSR count). The van der Waals surface area contributed by atoms with Crippen LogP contribution in [-0.4, -0.2) is 35.6 Å². The molecule has 0 aliphatic carbocycles. The third-order valence-corrected chi connectivity index (χ3v) is 7.17. The molecule has 2 aliphatic heterocycles. The van der Waals surface area contributed by atoms with E-state index in [1.807, 2.05) is 30.3 Å². The summed E-state index contributed by atoms with van der Waals surface area (Å²) in [4.78, 5) is 33.8. The molecule has 0 saturated carbocycles. The molecule has 2 aromatic carbocycles. The molecule has 0 spiro atoms. The van der Waals surface area contributed by atoms with E-state index >= 15 is 0 Å². The number of amides is 2. The molecule has 2 amide bonds. The molecule has 1 aromatic heterocycles. The van der Waals surface area contributed by atoms with Gasteiger partial charge in [0.15, 0.2) is 6.04 Å². The zero-order valence-corrected chi connectivity index (χ0v) is 18.7. The summed E-state index contributed by atoms with van der Waals surface area (Å²) >= 11 is 1.06. The Hall–Kier alpha value is -3.37. The van der Waals surface area contributed by atoms with Gasteiger partial charge in [0.25, 0.3) is 0 Å². The van der Waals surface area contributed by atoms with Crippen molar-refractivity contribution in [2.45, 2.75) is 24.9 Å². The number of rotatable bonds is 5. The number of fused-ring (bicyclic) bond motifs is 4. The molecule has 3 aromatic rings. The summed E-state index contributed by atoms with van der Waals surface area (Å²) in [5, 5.41) is 1.21. The lowest BCUT2D eigenvalue weighted by molar-refractivity contribution is -0.146. The topological polar surface area (TPSA) is 59.1 Å². The van der Waals surface area contributed by atoms with Crippen LogP contribution in [0.5, 0.6) is 0 Å². The molecule has 10 heteroatoms. The van der Waals surface area contributed by atoms with Crippen LogP contribution in [0.15, 0.2) is 60.7 Å². The number of hydrogen-bond donors (Lipinski definition) is 0. The average molecular weight is 488 g/mol. The number of carbonyl (C=O) groups is 2. The third kappa shape index (κ3) is 3.72. The number of thiophene rings is 1. The smallest absolute Gasteiger partial charge is 0.417 e. The van der Waals surface area contributed by atoms with E-state index in [1.165, 1.54) is 35.3 Å². The van der Waals surface area contributed by atoms with Crippen LogP contribution in [-0.2, 0) is 27.2 Å². The predicted octanol–water partition coefficient (Wildman–Crippen LogP) is 5.57. The lowest BCUT2D eigenvalue weighted by Crippen LogP contribution is -2.38. The van der Waals surface area contributed by atoms with Crippen molar-refractivity contribution in [3.05, 3.63) is 82.2 Å². The van der Waals surface area contributed by atoms with Crippen LogP contribution in [0.4, 0.5) is 18.0 Å². The highest BCUT2D eigenvalue weighted by molar-refractivity contribution is 7.16. The van der Waals surface area contributed by atoms with E-state index in [2.05, 4.69) is 0 Å². The lowest BCUT2D eigenvalue weighted by atomic mass is 9.97. The fourth-order valence-electron chi connectivity index (χ4n) is 4.36. The van der Waals surface area contributed by atoms with Crippen molar-refractivity contribution < 1.29 is 32.3 Å².